The summed E-state index contributed by atoms with van der Waals surface area (Å²) in [5.41, 5.74) is 1.82. The molecule has 146 valence electrons. The highest BCUT2D eigenvalue weighted by Gasteiger charge is 2.53. The zero-order valence-corrected chi connectivity index (χ0v) is 16.2. The minimum absolute atomic E-state index is 0.153. The van der Waals surface area contributed by atoms with E-state index in [9.17, 15) is 9.59 Å². The van der Waals surface area contributed by atoms with Crippen molar-refractivity contribution in [2.75, 3.05) is 0 Å². The number of para-hydroxylation sites is 1. The quantitative estimate of drug-likeness (QED) is 0.528. The largest absolute Gasteiger partial charge is 0.325 e. The fourth-order valence-electron chi connectivity index (χ4n) is 4.12. The zero-order chi connectivity index (χ0) is 20.6. The third-order valence-corrected chi connectivity index (χ3v) is 5.56. The maximum atomic E-state index is 13.8. The highest BCUT2D eigenvalue weighted by Crippen LogP contribution is 2.36. The fourth-order valence-corrected chi connectivity index (χ4v) is 4.12. The van der Waals surface area contributed by atoms with E-state index in [0.717, 1.165) is 27.6 Å². The maximum Gasteiger partial charge on any atom is 0.325 e. The standard InChI is InChI=1S/C25H19N3O2/c29-23-25(20-12-3-1-4-13-20,21-14-5-2-6-15-21)27-24(30)28(23)17-19-10-7-9-18-11-8-16-26-22(18)19/h1-16H,17H2,(H,27,30). The van der Waals surface area contributed by atoms with Crippen LogP contribution < -0.4 is 5.32 Å². The second-order valence-corrected chi connectivity index (χ2v) is 7.30. The summed E-state index contributed by atoms with van der Waals surface area (Å²) >= 11 is 0. The van der Waals surface area contributed by atoms with Gasteiger partial charge in [-0.1, -0.05) is 84.9 Å². The topological polar surface area (TPSA) is 62.3 Å². The number of hydrogen-bond donors (Lipinski definition) is 1. The van der Waals surface area contributed by atoms with E-state index >= 15 is 0 Å². The molecule has 5 nitrogen and oxygen atoms in total. The molecule has 1 aliphatic heterocycles. The molecule has 5 heteroatoms. The Morgan fingerprint density at radius 3 is 2.07 bits per heavy atom. The van der Waals surface area contributed by atoms with E-state index in [-0.39, 0.29) is 12.5 Å². The van der Waals surface area contributed by atoms with Crippen molar-refractivity contribution in [1.82, 2.24) is 15.2 Å². The van der Waals surface area contributed by atoms with Gasteiger partial charge >= 0.3 is 6.03 Å². The molecule has 30 heavy (non-hydrogen) atoms. The summed E-state index contributed by atoms with van der Waals surface area (Å²) in [7, 11) is 0. The van der Waals surface area contributed by atoms with Crippen LogP contribution in [0.15, 0.2) is 97.2 Å². The number of amides is 3. The van der Waals surface area contributed by atoms with Crippen LogP contribution in [0.1, 0.15) is 16.7 Å². The lowest BCUT2D eigenvalue weighted by Gasteiger charge is -2.28. The number of imide groups is 1. The molecule has 4 aromatic rings. The van der Waals surface area contributed by atoms with Crippen LogP contribution >= 0.6 is 0 Å². The third kappa shape index (κ3) is 2.75. The van der Waals surface area contributed by atoms with Gasteiger partial charge < -0.3 is 5.32 Å². The average Bonchev–Trinajstić information content (AvgIpc) is 3.06. The smallest absolute Gasteiger partial charge is 0.315 e. The monoisotopic (exact) mass is 393 g/mol. The Morgan fingerprint density at radius 1 is 0.767 bits per heavy atom. The van der Waals surface area contributed by atoms with E-state index in [2.05, 4.69) is 10.3 Å². The first-order chi connectivity index (χ1) is 14.7. The minimum atomic E-state index is -1.25. The lowest BCUT2D eigenvalue weighted by molar-refractivity contribution is -0.130. The first-order valence-corrected chi connectivity index (χ1v) is 9.78. The molecule has 0 radical (unpaired) electrons. The molecule has 1 saturated heterocycles. The summed E-state index contributed by atoms with van der Waals surface area (Å²) in [6.07, 6.45) is 1.72. The van der Waals surface area contributed by atoms with E-state index in [0.29, 0.717) is 0 Å². The van der Waals surface area contributed by atoms with Gasteiger partial charge in [0, 0.05) is 11.6 Å². The fraction of sp³-hybridized carbons (Fsp3) is 0.0800. The maximum absolute atomic E-state index is 13.8. The van der Waals surface area contributed by atoms with Crippen LogP contribution in [0.5, 0.6) is 0 Å². The van der Waals surface area contributed by atoms with Crippen LogP contribution in [0.3, 0.4) is 0 Å². The van der Waals surface area contributed by atoms with Gasteiger partial charge in [0.15, 0.2) is 5.54 Å². The van der Waals surface area contributed by atoms with Crippen molar-refractivity contribution in [1.29, 1.82) is 0 Å². The average molecular weight is 393 g/mol. The molecule has 2 heterocycles. The Bertz CT molecular complexity index is 1190. The number of fused-ring (bicyclic) bond motifs is 1. The van der Waals surface area contributed by atoms with Crippen LogP contribution in [0.2, 0.25) is 0 Å². The lowest BCUT2D eigenvalue weighted by atomic mass is 9.82. The van der Waals surface area contributed by atoms with Crippen LogP contribution in [0.4, 0.5) is 4.79 Å². The van der Waals surface area contributed by atoms with Gasteiger partial charge in [0.2, 0.25) is 0 Å². The van der Waals surface area contributed by atoms with Crippen molar-refractivity contribution < 1.29 is 9.59 Å². The molecule has 3 aromatic carbocycles. The zero-order valence-electron chi connectivity index (χ0n) is 16.2. The molecule has 0 unspecified atom stereocenters. The Kier molecular flexibility index (Phi) is 4.29. The molecule has 0 atom stereocenters. The van der Waals surface area contributed by atoms with Gasteiger partial charge in [-0.3, -0.25) is 14.7 Å². The Labute approximate surface area is 174 Å². The lowest BCUT2D eigenvalue weighted by Crippen LogP contribution is -2.45. The number of aromatic nitrogens is 1. The molecular weight excluding hydrogens is 374 g/mol. The summed E-state index contributed by atoms with van der Waals surface area (Å²) in [4.78, 5) is 32.6. The van der Waals surface area contributed by atoms with E-state index in [4.69, 9.17) is 0 Å². The number of nitrogens with zero attached hydrogens (tertiary/aromatic N) is 2. The highest BCUT2D eigenvalue weighted by atomic mass is 16.2. The third-order valence-electron chi connectivity index (χ3n) is 5.56. The van der Waals surface area contributed by atoms with E-state index in [1.165, 1.54) is 4.90 Å². The number of urea groups is 1. The highest BCUT2D eigenvalue weighted by molar-refractivity contribution is 6.09. The van der Waals surface area contributed by atoms with E-state index in [1.54, 1.807) is 6.20 Å². The number of benzene rings is 3. The summed E-state index contributed by atoms with van der Waals surface area (Å²) in [5.74, 6) is -0.294. The first kappa shape index (κ1) is 18.1. The Morgan fingerprint density at radius 2 is 1.40 bits per heavy atom. The molecule has 0 bridgehead atoms. The molecule has 1 fully saturated rings. The molecule has 0 spiro atoms. The molecule has 1 aliphatic rings. The van der Waals surface area contributed by atoms with Gasteiger partial charge in [-0.05, 0) is 22.8 Å². The SMILES string of the molecule is O=C1NC(c2ccccc2)(c2ccccc2)C(=O)N1Cc1cccc2cccnc12. The van der Waals surface area contributed by atoms with Crippen LogP contribution in [0, 0.1) is 0 Å². The van der Waals surface area contributed by atoms with E-state index < -0.39 is 11.6 Å². The Hall–Kier alpha value is -3.99. The number of hydrogen-bond acceptors (Lipinski definition) is 3. The first-order valence-electron chi connectivity index (χ1n) is 9.78. The minimum Gasteiger partial charge on any atom is -0.315 e. The van der Waals surface area contributed by atoms with Crippen molar-refractivity contribution in [3.8, 4) is 0 Å². The normalized spacial score (nSPS) is 15.4. The van der Waals surface area contributed by atoms with E-state index in [1.807, 2.05) is 91.0 Å². The van der Waals surface area contributed by atoms with Gasteiger partial charge in [-0.2, -0.15) is 0 Å². The number of nitrogens with one attached hydrogen (secondary N) is 1. The van der Waals surface area contributed by atoms with Gasteiger partial charge in [0.1, 0.15) is 0 Å². The van der Waals surface area contributed by atoms with Crippen molar-refractivity contribution in [2.24, 2.45) is 0 Å². The van der Waals surface area contributed by atoms with Crippen molar-refractivity contribution >= 4 is 22.8 Å². The summed E-state index contributed by atoms with van der Waals surface area (Å²) in [5, 5.41) is 3.96. The summed E-state index contributed by atoms with van der Waals surface area (Å²) < 4.78 is 0. The number of rotatable bonds is 4. The molecule has 1 N–H and O–H groups in total. The van der Waals surface area contributed by atoms with Crippen LogP contribution in [-0.4, -0.2) is 21.8 Å². The van der Waals surface area contributed by atoms with Gasteiger partial charge in [-0.25, -0.2) is 4.79 Å². The molecular formula is C25H19N3O2. The van der Waals surface area contributed by atoms with Gasteiger partial charge in [0.25, 0.3) is 5.91 Å². The predicted molar refractivity (Wildman–Crippen MR) is 114 cm³/mol. The van der Waals surface area contributed by atoms with Crippen molar-refractivity contribution in [3.63, 3.8) is 0 Å². The van der Waals surface area contributed by atoms with Crippen molar-refractivity contribution in [2.45, 2.75) is 12.1 Å². The second kappa shape index (κ2) is 7.12. The Balaban J connectivity index is 1.61. The van der Waals surface area contributed by atoms with Gasteiger partial charge in [0.05, 0.1) is 12.1 Å². The number of carbonyl (C=O) groups is 2. The summed E-state index contributed by atoms with van der Waals surface area (Å²) in [6, 6.07) is 28.0. The molecule has 1 aromatic heterocycles. The van der Waals surface area contributed by atoms with Gasteiger partial charge in [-0.15, -0.1) is 0 Å². The summed E-state index contributed by atoms with van der Waals surface area (Å²) in [6.45, 7) is 0.153. The molecule has 5 rings (SSSR count). The predicted octanol–water partition coefficient (Wildman–Crippen LogP) is 4.23. The van der Waals surface area contributed by atoms with Crippen molar-refractivity contribution in [3.05, 3.63) is 114 Å². The molecule has 0 aliphatic carbocycles. The van der Waals surface area contributed by atoms with Crippen LogP contribution in [0.25, 0.3) is 10.9 Å². The molecule has 0 saturated carbocycles. The number of pyridine rings is 1. The van der Waals surface area contributed by atoms with Crippen LogP contribution in [-0.2, 0) is 16.9 Å². The second-order valence-electron chi connectivity index (χ2n) is 7.30. The molecule has 3 amide bonds. The number of carbonyl (C=O) groups excluding carboxylic acids is 2.